The maximum absolute atomic E-state index is 13.3. The number of hydrogen-bond donors (Lipinski definition) is 1. The molecule has 2 aliphatic rings. The number of hydrogen-bond acceptors (Lipinski definition) is 5. The Labute approximate surface area is 178 Å². The lowest BCUT2D eigenvalue weighted by atomic mass is 9.91. The third kappa shape index (κ3) is 4.73. The summed E-state index contributed by atoms with van der Waals surface area (Å²) in [7, 11) is 1.61. The van der Waals surface area contributed by atoms with E-state index in [1.807, 2.05) is 0 Å². The maximum atomic E-state index is 13.3. The molecule has 30 heavy (non-hydrogen) atoms. The quantitative estimate of drug-likeness (QED) is 0.549. The lowest BCUT2D eigenvalue weighted by Crippen LogP contribution is -2.42. The summed E-state index contributed by atoms with van der Waals surface area (Å²) in [6, 6.07) is 7.10. The zero-order valence-corrected chi connectivity index (χ0v) is 18.2. The number of rotatable bonds is 7. The second kappa shape index (κ2) is 9.43. The van der Waals surface area contributed by atoms with E-state index in [4.69, 9.17) is 4.74 Å². The molecule has 0 aliphatic carbocycles. The highest BCUT2D eigenvalue weighted by atomic mass is 16.5. The van der Waals surface area contributed by atoms with Gasteiger partial charge in [0.05, 0.1) is 5.57 Å². The van der Waals surface area contributed by atoms with Gasteiger partial charge in [-0.15, -0.1) is 0 Å². The van der Waals surface area contributed by atoms with Crippen molar-refractivity contribution < 1.29 is 19.1 Å². The van der Waals surface area contributed by atoms with E-state index in [1.54, 1.807) is 31.4 Å². The number of ether oxygens (including phenoxy) is 1. The van der Waals surface area contributed by atoms with Crippen LogP contribution in [-0.4, -0.2) is 60.9 Å². The first-order chi connectivity index (χ1) is 14.3. The second-order valence-corrected chi connectivity index (χ2v) is 8.44. The third-order valence-corrected chi connectivity index (χ3v) is 5.55. The van der Waals surface area contributed by atoms with Crippen molar-refractivity contribution in [1.82, 2.24) is 9.80 Å². The van der Waals surface area contributed by atoms with Crippen molar-refractivity contribution in [1.29, 1.82) is 0 Å². The normalized spacial score (nSPS) is 22.1. The number of likely N-dealkylation sites (tertiary alicyclic amines) is 1. The largest absolute Gasteiger partial charge is 0.385 e. The summed E-state index contributed by atoms with van der Waals surface area (Å²) < 4.78 is 5.09. The molecule has 7 nitrogen and oxygen atoms in total. The first-order valence-electron chi connectivity index (χ1n) is 10.5. The maximum Gasteiger partial charge on any atom is 0.277 e. The molecule has 2 heterocycles. The average Bonchev–Trinajstić information content (AvgIpc) is 2.92. The Kier molecular flexibility index (Phi) is 6.92. The molecule has 0 spiro atoms. The summed E-state index contributed by atoms with van der Waals surface area (Å²) in [5.41, 5.74) is 2.30. The van der Waals surface area contributed by atoms with Crippen LogP contribution in [0.25, 0.3) is 5.57 Å². The number of imide groups is 1. The van der Waals surface area contributed by atoms with Crippen LogP contribution in [0.3, 0.4) is 0 Å². The minimum atomic E-state index is -0.260. The Morgan fingerprint density at radius 1 is 1.10 bits per heavy atom. The minimum absolute atomic E-state index is 0.157. The van der Waals surface area contributed by atoms with Crippen LogP contribution < -0.4 is 5.32 Å². The van der Waals surface area contributed by atoms with E-state index >= 15 is 0 Å². The highest BCUT2D eigenvalue weighted by Crippen LogP contribution is 2.35. The Morgan fingerprint density at radius 2 is 1.73 bits per heavy atom. The highest BCUT2D eigenvalue weighted by molar-refractivity contribution is 6.35. The molecule has 1 fully saturated rings. The number of amides is 3. The van der Waals surface area contributed by atoms with Crippen molar-refractivity contribution in [2.45, 2.75) is 33.6 Å². The summed E-state index contributed by atoms with van der Waals surface area (Å²) in [5, 5.41) is 2.73. The molecule has 0 saturated carbocycles. The van der Waals surface area contributed by atoms with Crippen molar-refractivity contribution in [2.24, 2.45) is 11.8 Å². The van der Waals surface area contributed by atoms with Crippen molar-refractivity contribution in [2.75, 3.05) is 38.7 Å². The van der Waals surface area contributed by atoms with Crippen molar-refractivity contribution in [3.05, 3.63) is 35.5 Å². The summed E-state index contributed by atoms with van der Waals surface area (Å²) >= 11 is 0. The molecule has 0 bridgehead atoms. The standard InChI is InChI=1S/C23H31N3O4/c1-15-12-16(2)14-25(13-15)21-20(18-6-8-19(9-7-18)24-17(3)27)22(28)26(23(21)29)10-5-11-30-4/h6-9,15-16H,5,10-14H2,1-4H3,(H,24,27). The minimum Gasteiger partial charge on any atom is -0.385 e. The predicted molar refractivity (Wildman–Crippen MR) is 115 cm³/mol. The molecule has 2 atom stereocenters. The number of carbonyl (C=O) groups excluding carboxylic acids is 3. The smallest absolute Gasteiger partial charge is 0.277 e. The van der Waals surface area contributed by atoms with E-state index in [0.717, 1.165) is 19.5 Å². The van der Waals surface area contributed by atoms with E-state index < -0.39 is 0 Å². The Bertz CT molecular complexity index is 837. The fraction of sp³-hybridized carbons (Fsp3) is 0.522. The molecule has 0 radical (unpaired) electrons. The van der Waals surface area contributed by atoms with Gasteiger partial charge in [0.2, 0.25) is 5.91 Å². The van der Waals surface area contributed by atoms with Crippen LogP contribution in [0.4, 0.5) is 5.69 Å². The van der Waals surface area contributed by atoms with E-state index in [2.05, 4.69) is 24.1 Å². The molecule has 2 aliphatic heterocycles. The fourth-order valence-corrected chi connectivity index (χ4v) is 4.46. The Hall–Kier alpha value is -2.67. The Morgan fingerprint density at radius 3 is 2.30 bits per heavy atom. The first-order valence-corrected chi connectivity index (χ1v) is 10.5. The fourth-order valence-electron chi connectivity index (χ4n) is 4.46. The van der Waals surface area contributed by atoms with E-state index in [0.29, 0.717) is 53.9 Å². The van der Waals surface area contributed by atoms with Gasteiger partial charge in [-0.05, 0) is 42.4 Å². The second-order valence-electron chi connectivity index (χ2n) is 8.44. The van der Waals surface area contributed by atoms with Crippen LogP contribution >= 0.6 is 0 Å². The van der Waals surface area contributed by atoms with Gasteiger partial charge in [0, 0.05) is 46.0 Å². The van der Waals surface area contributed by atoms with E-state index in [-0.39, 0.29) is 17.7 Å². The van der Waals surface area contributed by atoms with Crippen LogP contribution in [-0.2, 0) is 19.1 Å². The zero-order valence-electron chi connectivity index (χ0n) is 18.2. The Balaban J connectivity index is 1.98. The van der Waals surface area contributed by atoms with Crippen molar-refractivity contribution in [3.63, 3.8) is 0 Å². The molecule has 7 heteroatoms. The van der Waals surface area contributed by atoms with E-state index in [1.165, 1.54) is 11.8 Å². The molecule has 1 aromatic carbocycles. The van der Waals surface area contributed by atoms with Gasteiger partial charge in [0.15, 0.2) is 0 Å². The highest BCUT2D eigenvalue weighted by Gasteiger charge is 2.42. The number of benzene rings is 1. The predicted octanol–water partition coefficient (Wildman–Crippen LogP) is 2.74. The molecular formula is C23H31N3O4. The molecule has 162 valence electrons. The van der Waals surface area contributed by atoms with Gasteiger partial charge in [0.1, 0.15) is 5.70 Å². The summed E-state index contributed by atoms with van der Waals surface area (Å²) in [6.07, 6.45) is 1.72. The summed E-state index contributed by atoms with van der Waals surface area (Å²) in [6.45, 7) is 8.16. The molecule has 3 amide bonds. The number of piperidine rings is 1. The van der Waals surface area contributed by atoms with Gasteiger partial charge in [-0.2, -0.15) is 0 Å². The van der Waals surface area contributed by atoms with Crippen LogP contribution in [0, 0.1) is 11.8 Å². The molecule has 2 unspecified atom stereocenters. The van der Waals surface area contributed by atoms with Crippen LogP contribution in [0.15, 0.2) is 30.0 Å². The lowest BCUT2D eigenvalue weighted by Gasteiger charge is -2.37. The SMILES string of the molecule is COCCCN1C(=O)C(c2ccc(NC(C)=O)cc2)=C(N2CC(C)CC(C)C2)C1=O. The number of nitrogens with zero attached hydrogens (tertiary/aromatic N) is 2. The van der Waals surface area contributed by atoms with Gasteiger partial charge in [0.25, 0.3) is 11.8 Å². The van der Waals surface area contributed by atoms with Gasteiger partial charge in [-0.25, -0.2) is 0 Å². The molecular weight excluding hydrogens is 382 g/mol. The number of anilines is 1. The average molecular weight is 414 g/mol. The molecule has 1 saturated heterocycles. The summed E-state index contributed by atoms with van der Waals surface area (Å²) in [4.78, 5) is 41.4. The van der Waals surface area contributed by atoms with Crippen molar-refractivity contribution in [3.8, 4) is 0 Å². The first kappa shape index (κ1) is 22.0. The molecule has 1 aromatic rings. The third-order valence-electron chi connectivity index (χ3n) is 5.55. The van der Waals surface area contributed by atoms with Crippen LogP contribution in [0.1, 0.15) is 39.2 Å². The number of methoxy groups -OCH3 is 1. The van der Waals surface area contributed by atoms with Gasteiger partial charge in [-0.1, -0.05) is 26.0 Å². The van der Waals surface area contributed by atoms with Crippen LogP contribution in [0.2, 0.25) is 0 Å². The lowest BCUT2D eigenvalue weighted by molar-refractivity contribution is -0.138. The van der Waals surface area contributed by atoms with Gasteiger partial charge >= 0.3 is 0 Å². The van der Waals surface area contributed by atoms with Gasteiger partial charge < -0.3 is 15.0 Å². The zero-order chi connectivity index (χ0) is 21.8. The van der Waals surface area contributed by atoms with Crippen LogP contribution in [0.5, 0.6) is 0 Å². The van der Waals surface area contributed by atoms with Gasteiger partial charge in [-0.3, -0.25) is 19.3 Å². The van der Waals surface area contributed by atoms with E-state index in [9.17, 15) is 14.4 Å². The topological polar surface area (TPSA) is 79.0 Å². The molecule has 0 aromatic heterocycles. The number of nitrogens with one attached hydrogen (secondary N) is 1. The monoisotopic (exact) mass is 413 g/mol. The molecule has 3 rings (SSSR count). The van der Waals surface area contributed by atoms with Crippen molar-refractivity contribution >= 4 is 29.0 Å². The number of carbonyl (C=O) groups is 3. The molecule has 1 N–H and O–H groups in total. The summed E-state index contributed by atoms with van der Waals surface area (Å²) in [5.74, 6) is 0.267.